The number of pyridine rings is 1. The van der Waals surface area contributed by atoms with E-state index in [9.17, 15) is 24.1 Å². The molecule has 0 fully saturated rings. The predicted octanol–water partition coefficient (Wildman–Crippen LogP) is 1.49. The number of carbonyl (C=O) groups excluding carboxylic acids is 1. The molecule has 0 atom stereocenters. The topological polar surface area (TPSA) is 88.7 Å². The fourth-order valence-electron chi connectivity index (χ4n) is 2.44. The average Bonchev–Trinajstić information content (AvgIpc) is 2.61. The third-order valence-electron chi connectivity index (χ3n) is 3.97. The third-order valence-corrected chi connectivity index (χ3v) is 3.97. The standard InChI is InChI=1S/C18H21FN4O4/c1-20(2)9-10-21(11-14-5-3-4-6-16(14)19)18(25)13-22-12-15(23(26)27)7-8-17(22)24/h3-8,12H,9-11,13H2,1-2H3. The molecule has 0 N–H and O–H groups in total. The van der Waals surface area contributed by atoms with E-state index in [1.54, 1.807) is 18.2 Å². The van der Waals surface area contributed by atoms with Gasteiger partial charge < -0.3 is 9.80 Å². The molecule has 1 amide bonds. The van der Waals surface area contributed by atoms with Gasteiger partial charge in [0.1, 0.15) is 12.4 Å². The Labute approximate surface area is 155 Å². The van der Waals surface area contributed by atoms with E-state index in [1.807, 2.05) is 19.0 Å². The van der Waals surface area contributed by atoms with Gasteiger partial charge in [-0.15, -0.1) is 0 Å². The van der Waals surface area contributed by atoms with Gasteiger partial charge in [0.25, 0.3) is 11.2 Å². The molecule has 2 aromatic rings. The van der Waals surface area contributed by atoms with Crippen LogP contribution >= 0.6 is 0 Å². The lowest BCUT2D eigenvalue weighted by Gasteiger charge is -2.25. The molecule has 0 unspecified atom stereocenters. The fraction of sp³-hybridized carbons (Fsp3) is 0.333. The maximum atomic E-state index is 14.0. The zero-order valence-electron chi connectivity index (χ0n) is 15.2. The molecule has 1 aromatic carbocycles. The van der Waals surface area contributed by atoms with Gasteiger partial charge in [0, 0.05) is 37.3 Å². The van der Waals surface area contributed by atoms with Crippen molar-refractivity contribution in [2.75, 3.05) is 27.2 Å². The number of nitrogens with zero attached hydrogens (tertiary/aromatic N) is 4. The molecule has 0 aliphatic rings. The number of amides is 1. The minimum Gasteiger partial charge on any atom is -0.335 e. The number of rotatable bonds is 8. The first-order valence-electron chi connectivity index (χ1n) is 8.28. The van der Waals surface area contributed by atoms with Crippen molar-refractivity contribution in [2.45, 2.75) is 13.1 Å². The predicted molar refractivity (Wildman–Crippen MR) is 97.7 cm³/mol. The van der Waals surface area contributed by atoms with Gasteiger partial charge in [-0.25, -0.2) is 4.39 Å². The van der Waals surface area contributed by atoms with Crippen LogP contribution in [-0.4, -0.2) is 52.4 Å². The molecule has 1 heterocycles. The lowest BCUT2D eigenvalue weighted by Crippen LogP contribution is -2.39. The highest BCUT2D eigenvalue weighted by Gasteiger charge is 2.18. The molecular formula is C18H21FN4O4. The van der Waals surface area contributed by atoms with Gasteiger partial charge in [0.05, 0.1) is 11.1 Å². The van der Waals surface area contributed by atoms with Crippen LogP contribution in [-0.2, 0) is 17.9 Å². The number of carbonyl (C=O) groups is 1. The molecule has 9 heteroatoms. The quantitative estimate of drug-likeness (QED) is 0.514. The van der Waals surface area contributed by atoms with Crippen molar-refractivity contribution >= 4 is 11.6 Å². The van der Waals surface area contributed by atoms with Crippen molar-refractivity contribution in [3.05, 3.63) is 74.4 Å². The minimum atomic E-state index is -0.635. The summed E-state index contributed by atoms with van der Waals surface area (Å²) in [6.45, 7) is 0.555. The molecular weight excluding hydrogens is 355 g/mol. The van der Waals surface area contributed by atoms with E-state index in [0.29, 0.717) is 18.7 Å². The van der Waals surface area contributed by atoms with Crippen LogP contribution in [0.4, 0.5) is 10.1 Å². The second-order valence-corrected chi connectivity index (χ2v) is 6.32. The number of hydrogen-bond donors (Lipinski definition) is 0. The highest BCUT2D eigenvalue weighted by Crippen LogP contribution is 2.11. The molecule has 0 saturated carbocycles. The van der Waals surface area contributed by atoms with Gasteiger partial charge in [0.2, 0.25) is 5.91 Å². The first-order chi connectivity index (χ1) is 12.8. The van der Waals surface area contributed by atoms with Crippen molar-refractivity contribution < 1.29 is 14.1 Å². The largest absolute Gasteiger partial charge is 0.335 e. The number of aromatic nitrogens is 1. The Hall–Kier alpha value is -3.07. The number of likely N-dealkylation sites (N-methyl/N-ethyl adjacent to an activating group) is 1. The zero-order valence-corrected chi connectivity index (χ0v) is 15.2. The van der Waals surface area contributed by atoms with Gasteiger partial charge >= 0.3 is 0 Å². The van der Waals surface area contributed by atoms with E-state index in [-0.39, 0.29) is 18.8 Å². The molecule has 0 bridgehead atoms. The Kier molecular flexibility index (Phi) is 6.78. The van der Waals surface area contributed by atoms with Gasteiger partial charge in [0.15, 0.2) is 0 Å². The molecule has 144 valence electrons. The minimum absolute atomic E-state index is 0.0447. The van der Waals surface area contributed by atoms with Crippen LogP contribution in [0.2, 0.25) is 0 Å². The summed E-state index contributed by atoms with van der Waals surface area (Å²) in [5.74, 6) is -0.852. The van der Waals surface area contributed by atoms with Gasteiger partial charge in [-0.1, -0.05) is 18.2 Å². The molecule has 0 aliphatic carbocycles. The Morgan fingerprint density at radius 3 is 2.52 bits per heavy atom. The first kappa shape index (κ1) is 20.2. The highest BCUT2D eigenvalue weighted by atomic mass is 19.1. The van der Waals surface area contributed by atoms with Crippen LogP contribution in [0.1, 0.15) is 5.56 Å². The molecule has 27 heavy (non-hydrogen) atoms. The van der Waals surface area contributed by atoms with E-state index in [4.69, 9.17) is 0 Å². The monoisotopic (exact) mass is 376 g/mol. The van der Waals surface area contributed by atoms with Crippen molar-refractivity contribution in [2.24, 2.45) is 0 Å². The van der Waals surface area contributed by atoms with Gasteiger partial charge in [-0.2, -0.15) is 0 Å². The Morgan fingerprint density at radius 2 is 1.89 bits per heavy atom. The third kappa shape index (κ3) is 5.71. The summed E-state index contributed by atoms with van der Waals surface area (Å²) in [6, 6.07) is 8.28. The Morgan fingerprint density at radius 1 is 1.19 bits per heavy atom. The maximum Gasteiger partial charge on any atom is 0.285 e. The molecule has 0 saturated heterocycles. The number of benzene rings is 1. The highest BCUT2D eigenvalue weighted by molar-refractivity contribution is 5.76. The first-order valence-corrected chi connectivity index (χ1v) is 8.28. The van der Waals surface area contributed by atoms with Crippen molar-refractivity contribution in [1.29, 1.82) is 0 Å². The van der Waals surface area contributed by atoms with Crippen molar-refractivity contribution in [1.82, 2.24) is 14.4 Å². The van der Waals surface area contributed by atoms with Crippen LogP contribution in [0.5, 0.6) is 0 Å². The molecule has 1 aromatic heterocycles. The SMILES string of the molecule is CN(C)CCN(Cc1ccccc1F)C(=O)Cn1cc([N+](=O)[O-])ccc1=O. The van der Waals surface area contributed by atoms with Gasteiger partial charge in [-0.3, -0.25) is 24.3 Å². The van der Waals surface area contributed by atoms with E-state index in [0.717, 1.165) is 22.9 Å². The van der Waals surface area contributed by atoms with E-state index in [2.05, 4.69) is 0 Å². The Balaban J connectivity index is 2.23. The maximum absolute atomic E-state index is 14.0. The summed E-state index contributed by atoms with van der Waals surface area (Å²) < 4.78 is 15.0. The molecule has 0 aliphatic heterocycles. The van der Waals surface area contributed by atoms with E-state index < -0.39 is 22.2 Å². The second-order valence-electron chi connectivity index (χ2n) is 6.32. The summed E-state index contributed by atoms with van der Waals surface area (Å²) in [6.07, 6.45) is 1.04. The summed E-state index contributed by atoms with van der Waals surface area (Å²) in [5.41, 5.74) is -0.445. The summed E-state index contributed by atoms with van der Waals surface area (Å²) >= 11 is 0. The van der Waals surface area contributed by atoms with Crippen LogP contribution in [0.15, 0.2) is 47.4 Å². The van der Waals surface area contributed by atoms with Crippen LogP contribution in [0, 0.1) is 15.9 Å². The zero-order chi connectivity index (χ0) is 20.0. The normalized spacial score (nSPS) is 10.8. The van der Waals surface area contributed by atoms with Crippen molar-refractivity contribution in [3.63, 3.8) is 0 Å². The average molecular weight is 376 g/mol. The number of hydrogen-bond acceptors (Lipinski definition) is 5. The van der Waals surface area contributed by atoms with Gasteiger partial charge in [-0.05, 0) is 20.2 Å². The van der Waals surface area contributed by atoms with E-state index >= 15 is 0 Å². The van der Waals surface area contributed by atoms with Crippen LogP contribution in [0.25, 0.3) is 0 Å². The lowest BCUT2D eigenvalue weighted by molar-refractivity contribution is -0.385. The molecule has 2 rings (SSSR count). The summed E-state index contributed by atoms with van der Waals surface area (Å²) in [5, 5.41) is 10.9. The Bertz CT molecular complexity index is 882. The smallest absolute Gasteiger partial charge is 0.285 e. The summed E-state index contributed by atoms with van der Waals surface area (Å²) in [7, 11) is 3.69. The number of nitro groups is 1. The molecule has 0 radical (unpaired) electrons. The molecule has 0 spiro atoms. The van der Waals surface area contributed by atoms with Crippen LogP contribution < -0.4 is 5.56 Å². The van der Waals surface area contributed by atoms with E-state index in [1.165, 1.54) is 11.0 Å². The number of halogens is 1. The van der Waals surface area contributed by atoms with Crippen LogP contribution in [0.3, 0.4) is 0 Å². The molecule has 8 nitrogen and oxygen atoms in total. The summed E-state index contributed by atoms with van der Waals surface area (Å²) in [4.78, 5) is 38.2. The van der Waals surface area contributed by atoms with Crippen molar-refractivity contribution in [3.8, 4) is 0 Å². The lowest BCUT2D eigenvalue weighted by atomic mass is 10.2. The fourth-order valence-corrected chi connectivity index (χ4v) is 2.44. The second kappa shape index (κ2) is 9.04.